The lowest BCUT2D eigenvalue weighted by Gasteiger charge is -2.31. The fourth-order valence-electron chi connectivity index (χ4n) is 5.20. The molecule has 2 N–H and O–H groups in total. The molecule has 1 aromatic heterocycles. The topological polar surface area (TPSA) is 64.3 Å². The summed E-state index contributed by atoms with van der Waals surface area (Å²) < 4.78 is 0. The zero-order valence-electron chi connectivity index (χ0n) is 20.3. The van der Waals surface area contributed by atoms with Crippen molar-refractivity contribution in [2.24, 2.45) is 5.92 Å². The first-order valence-electron chi connectivity index (χ1n) is 13.0. The zero-order valence-corrected chi connectivity index (χ0v) is 20.3. The van der Waals surface area contributed by atoms with Gasteiger partial charge < -0.3 is 10.3 Å². The van der Waals surface area contributed by atoms with Gasteiger partial charge in [-0.25, -0.2) is 4.98 Å². The van der Waals surface area contributed by atoms with E-state index >= 15 is 0 Å². The van der Waals surface area contributed by atoms with Crippen LogP contribution < -0.4 is 5.32 Å². The van der Waals surface area contributed by atoms with Gasteiger partial charge in [0.1, 0.15) is 5.82 Å². The van der Waals surface area contributed by atoms with Crippen LogP contribution in [0.2, 0.25) is 0 Å². The molecule has 0 spiro atoms. The van der Waals surface area contributed by atoms with Crippen molar-refractivity contribution in [3.05, 3.63) is 53.6 Å². The van der Waals surface area contributed by atoms with Crippen LogP contribution in [0.4, 0.5) is 0 Å². The standard InChI is InChI=1S/C27H41N5O/c1-2-3-9-26-28-18-25(29-26)21-31-15-12-22(13-16-31)10-11-27(33)30-24-14-17-32(20-24)19-23-7-5-4-6-8-23/h4-8,18,22,24H,2-3,9-17,19-21H2,1H3,(H,28,29)(H,30,33). The molecule has 1 aromatic carbocycles. The molecule has 3 heterocycles. The molecule has 0 radical (unpaired) electrons. The molecule has 4 rings (SSSR count). The maximum absolute atomic E-state index is 12.5. The quantitative estimate of drug-likeness (QED) is 0.539. The zero-order chi connectivity index (χ0) is 22.9. The first kappa shape index (κ1) is 24.0. The van der Waals surface area contributed by atoms with Crippen molar-refractivity contribution < 1.29 is 4.79 Å². The third-order valence-corrected chi connectivity index (χ3v) is 7.22. The van der Waals surface area contributed by atoms with Gasteiger partial charge in [-0.3, -0.25) is 14.6 Å². The van der Waals surface area contributed by atoms with E-state index in [1.807, 2.05) is 6.20 Å². The number of nitrogens with one attached hydrogen (secondary N) is 2. The van der Waals surface area contributed by atoms with Gasteiger partial charge in [0.15, 0.2) is 0 Å². The van der Waals surface area contributed by atoms with E-state index in [-0.39, 0.29) is 5.91 Å². The minimum atomic E-state index is 0.237. The summed E-state index contributed by atoms with van der Waals surface area (Å²) in [5, 5.41) is 3.29. The number of nitrogens with zero attached hydrogens (tertiary/aromatic N) is 3. The van der Waals surface area contributed by atoms with Crippen LogP contribution >= 0.6 is 0 Å². The molecule has 1 atom stereocenters. The number of carbonyl (C=O) groups is 1. The summed E-state index contributed by atoms with van der Waals surface area (Å²) in [4.78, 5) is 25.5. The number of likely N-dealkylation sites (tertiary alicyclic amines) is 2. The number of amides is 1. The van der Waals surface area contributed by atoms with Crippen molar-refractivity contribution in [1.29, 1.82) is 0 Å². The normalized spacial score (nSPS) is 20.3. The fraction of sp³-hybridized carbons (Fsp3) is 0.630. The number of aromatic nitrogens is 2. The van der Waals surface area contributed by atoms with Gasteiger partial charge in [0.25, 0.3) is 0 Å². The molecule has 2 aliphatic rings. The van der Waals surface area contributed by atoms with Gasteiger partial charge in [0, 0.05) is 57.0 Å². The number of H-pyrrole nitrogens is 1. The third kappa shape index (κ3) is 7.68. The van der Waals surface area contributed by atoms with Crippen LogP contribution in [-0.4, -0.2) is 57.9 Å². The highest BCUT2D eigenvalue weighted by Crippen LogP contribution is 2.23. The van der Waals surface area contributed by atoms with E-state index in [0.29, 0.717) is 18.4 Å². The predicted molar refractivity (Wildman–Crippen MR) is 133 cm³/mol. The summed E-state index contributed by atoms with van der Waals surface area (Å²) in [7, 11) is 0. The smallest absolute Gasteiger partial charge is 0.220 e. The average Bonchev–Trinajstić information content (AvgIpc) is 3.47. The molecular weight excluding hydrogens is 410 g/mol. The fourth-order valence-corrected chi connectivity index (χ4v) is 5.20. The lowest BCUT2D eigenvalue weighted by Crippen LogP contribution is -2.37. The Kier molecular flexibility index (Phi) is 8.95. The third-order valence-electron chi connectivity index (χ3n) is 7.22. The average molecular weight is 452 g/mol. The van der Waals surface area contributed by atoms with Gasteiger partial charge >= 0.3 is 0 Å². The van der Waals surface area contributed by atoms with E-state index in [9.17, 15) is 4.79 Å². The second kappa shape index (κ2) is 12.3. The number of hydrogen-bond donors (Lipinski definition) is 2. The van der Waals surface area contributed by atoms with Gasteiger partial charge in [-0.15, -0.1) is 0 Å². The summed E-state index contributed by atoms with van der Waals surface area (Å²) in [6, 6.07) is 10.9. The second-order valence-corrected chi connectivity index (χ2v) is 9.99. The molecule has 180 valence electrons. The Morgan fingerprint density at radius 1 is 1.09 bits per heavy atom. The van der Waals surface area contributed by atoms with Crippen LogP contribution in [0, 0.1) is 5.92 Å². The van der Waals surface area contributed by atoms with E-state index in [0.717, 1.165) is 64.4 Å². The Morgan fingerprint density at radius 3 is 2.67 bits per heavy atom. The minimum Gasteiger partial charge on any atom is -0.352 e. The number of rotatable bonds is 11. The molecule has 0 aliphatic carbocycles. The highest BCUT2D eigenvalue weighted by atomic mass is 16.1. The van der Waals surface area contributed by atoms with Crippen molar-refractivity contribution >= 4 is 5.91 Å². The van der Waals surface area contributed by atoms with Gasteiger partial charge in [-0.2, -0.15) is 0 Å². The molecule has 6 nitrogen and oxygen atoms in total. The van der Waals surface area contributed by atoms with E-state index in [1.165, 1.54) is 36.9 Å². The highest BCUT2D eigenvalue weighted by molar-refractivity contribution is 5.76. The van der Waals surface area contributed by atoms with Crippen LogP contribution in [0.3, 0.4) is 0 Å². The SMILES string of the molecule is CCCCc1ncc(CN2CCC(CCC(=O)NC3CCN(Cc4ccccc4)C3)CC2)[nH]1. The largest absolute Gasteiger partial charge is 0.352 e. The van der Waals surface area contributed by atoms with Crippen LogP contribution in [0.5, 0.6) is 0 Å². The number of hydrogen-bond acceptors (Lipinski definition) is 4. The van der Waals surface area contributed by atoms with Gasteiger partial charge in [0.2, 0.25) is 5.91 Å². The summed E-state index contributed by atoms with van der Waals surface area (Å²) in [6.45, 7) is 8.42. The predicted octanol–water partition coefficient (Wildman–Crippen LogP) is 4.14. The number of piperidine rings is 1. The Morgan fingerprint density at radius 2 is 1.88 bits per heavy atom. The van der Waals surface area contributed by atoms with Crippen molar-refractivity contribution in [1.82, 2.24) is 25.1 Å². The van der Waals surface area contributed by atoms with E-state index in [4.69, 9.17) is 0 Å². The molecular formula is C27H41N5O. The summed E-state index contributed by atoms with van der Waals surface area (Å²) in [5.74, 6) is 2.03. The number of unbranched alkanes of at least 4 members (excludes halogenated alkanes) is 1. The Labute approximate surface area is 199 Å². The van der Waals surface area contributed by atoms with Crippen molar-refractivity contribution in [3.8, 4) is 0 Å². The molecule has 2 aromatic rings. The van der Waals surface area contributed by atoms with Crippen molar-refractivity contribution in [3.63, 3.8) is 0 Å². The van der Waals surface area contributed by atoms with Gasteiger partial charge in [0.05, 0.1) is 0 Å². The summed E-state index contributed by atoms with van der Waals surface area (Å²) >= 11 is 0. The van der Waals surface area contributed by atoms with Crippen molar-refractivity contribution in [2.45, 2.75) is 77.4 Å². The molecule has 2 aliphatic heterocycles. The Bertz CT molecular complexity index is 843. The summed E-state index contributed by atoms with van der Waals surface area (Å²) in [6.07, 6.45) is 10.6. The highest BCUT2D eigenvalue weighted by Gasteiger charge is 2.25. The maximum atomic E-state index is 12.5. The monoisotopic (exact) mass is 451 g/mol. The number of imidazole rings is 1. The first-order valence-corrected chi connectivity index (χ1v) is 13.0. The lowest BCUT2D eigenvalue weighted by atomic mass is 9.92. The first-order chi connectivity index (χ1) is 16.2. The second-order valence-electron chi connectivity index (χ2n) is 9.99. The number of aromatic amines is 1. The molecule has 1 unspecified atom stereocenters. The van der Waals surface area contributed by atoms with E-state index < -0.39 is 0 Å². The Hall–Kier alpha value is -2.18. The van der Waals surface area contributed by atoms with E-state index in [2.05, 4.69) is 62.3 Å². The molecule has 2 fully saturated rings. The van der Waals surface area contributed by atoms with Crippen LogP contribution in [0.1, 0.15) is 69.0 Å². The molecule has 0 bridgehead atoms. The molecule has 6 heteroatoms. The number of benzene rings is 1. The number of aryl methyl sites for hydroxylation is 1. The maximum Gasteiger partial charge on any atom is 0.220 e. The molecule has 1 amide bonds. The van der Waals surface area contributed by atoms with Crippen LogP contribution in [0.15, 0.2) is 36.5 Å². The van der Waals surface area contributed by atoms with Crippen LogP contribution in [-0.2, 0) is 24.3 Å². The van der Waals surface area contributed by atoms with Gasteiger partial charge in [-0.1, -0.05) is 43.7 Å². The van der Waals surface area contributed by atoms with Gasteiger partial charge in [-0.05, 0) is 56.7 Å². The Balaban J connectivity index is 1.09. The molecule has 2 saturated heterocycles. The number of carbonyl (C=O) groups excluding carboxylic acids is 1. The summed E-state index contributed by atoms with van der Waals surface area (Å²) in [5.41, 5.74) is 2.58. The van der Waals surface area contributed by atoms with Crippen LogP contribution in [0.25, 0.3) is 0 Å². The van der Waals surface area contributed by atoms with E-state index in [1.54, 1.807) is 0 Å². The molecule has 33 heavy (non-hydrogen) atoms. The molecule has 0 saturated carbocycles. The van der Waals surface area contributed by atoms with Crippen molar-refractivity contribution in [2.75, 3.05) is 26.2 Å². The minimum absolute atomic E-state index is 0.237. The lowest BCUT2D eigenvalue weighted by molar-refractivity contribution is -0.122.